The average molecular weight is 505 g/mol. The molecule has 37 heavy (non-hydrogen) atoms. The summed E-state index contributed by atoms with van der Waals surface area (Å²) in [7, 11) is 3.15. The highest BCUT2D eigenvalue weighted by Crippen LogP contribution is 2.39. The highest BCUT2D eigenvalue weighted by molar-refractivity contribution is 5.76. The number of ether oxygens (including phenoxy) is 3. The van der Waals surface area contributed by atoms with Crippen LogP contribution >= 0.6 is 0 Å². The van der Waals surface area contributed by atoms with Crippen LogP contribution in [0, 0.1) is 0 Å². The Hall–Kier alpha value is -4.27. The number of rotatable bonds is 11. The number of nitrogens with one attached hydrogen (secondary N) is 1. The normalized spacial score (nSPS) is 11.4. The van der Waals surface area contributed by atoms with Gasteiger partial charge in [-0.1, -0.05) is 50.3 Å². The van der Waals surface area contributed by atoms with Gasteiger partial charge in [0.2, 0.25) is 5.75 Å². The Labute approximate surface area is 215 Å². The number of nitrogens with zero attached hydrogens (tertiary/aromatic N) is 3. The van der Waals surface area contributed by atoms with E-state index in [9.17, 15) is 9.59 Å². The number of aromatic amines is 1. The van der Waals surface area contributed by atoms with Crippen LogP contribution in [0.2, 0.25) is 0 Å². The third kappa shape index (κ3) is 5.45. The van der Waals surface area contributed by atoms with Crippen molar-refractivity contribution in [3.63, 3.8) is 0 Å². The Morgan fingerprint density at radius 2 is 1.57 bits per heavy atom. The molecule has 0 radical (unpaired) electrons. The number of benzene rings is 2. The van der Waals surface area contributed by atoms with Crippen LogP contribution in [0.1, 0.15) is 43.6 Å². The summed E-state index contributed by atoms with van der Waals surface area (Å²) < 4.78 is 20.0. The van der Waals surface area contributed by atoms with Crippen LogP contribution in [0.3, 0.4) is 0 Å². The van der Waals surface area contributed by atoms with E-state index >= 15 is 0 Å². The average Bonchev–Trinajstić information content (AvgIpc) is 3.35. The van der Waals surface area contributed by atoms with Gasteiger partial charge < -0.3 is 19.2 Å². The van der Waals surface area contributed by atoms with Crippen LogP contribution < -0.4 is 25.5 Å². The van der Waals surface area contributed by atoms with E-state index in [-0.39, 0.29) is 11.2 Å². The minimum Gasteiger partial charge on any atom is -0.493 e. The monoisotopic (exact) mass is 504 g/mol. The summed E-state index contributed by atoms with van der Waals surface area (Å²) in [5.41, 5.74) is 1.81. The van der Waals surface area contributed by atoms with E-state index in [1.165, 1.54) is 4.57 Å². The van der Waals surface area contributed by atoms with Gasteiger partial charge in [0.25, 0.3) is 5.56 Å². The molecule has 9 heteroatoms. The van der Waals surface area contributed by atoms with E-state index in [2.05, 4.69) is 9.97 Å². The molecule has 9 nitrogen and oxygen atoms in total. The molecule has 0 aliphatic heterocycles. The molecule has 4 aromatic rings. The van der Waals surface area contributed by atoms with Crippen LogP contribution in [-0.4, -0.2) is 33.3 Å². The zero-order valence-electron chi connectivity index (χ0n) is 21.6. The maximum absolute atomic E-state index is 13.0. The van der Waals surface area contributed by atoms with Crippen molar-refractivity contribution in [3.8, 4) is 17.2 Å². The number of hydrogen-bond acceptors (Lipinski definition) is 6. The second-order valence-corrected chi connectivity index (χ2v) is 8.57. The van der Waals surface area contributed by atoms with E-state index in [0.717, 1.165) is 17.5 Å². The molecule has 0 atom stereocenters. The molecule has 0 aliphatic rings. The standard InChI is InChI=1S/C28H32N4O5/c1-5-14-31-26-24(27(33)32(15-6-2)28(31)34)29-23(30-26)13-12-20-16-21(35-3)25(22(17-20)36-4)37-18-19-10-8-7-9-11-19/h7-13,16-17H,5-6,14-15,18H2,1-4H3,(H,29,30). The third-order valence-electron chi connectivity index (χ3n) is 5.92. The summed E-state index contributed by atoms with van der Waals surface area (Å²) in [6, 6.07) is 13.5. The summed E-state index contributed by atoms with van der Waals surface area (Å²) in [6.45, 7) is 5.12. The second-order valence-electron chi connectivity index (χ2n) is 8.57. The number of fused-ring (bicyclic) bond motifs is 1. The van der Waals surface area contributed by atoms with E-state index in [1.807, 2.05) is 62.4 Å². The molecule has 0 fully saturated rings. The summed E-state index contributed by atoms with van der Waals surface area (Å²) in [4.78, 5) is 33.5. The number of hydrogen-bond donors (Lipinski definition) is 1. The van der Waals surface area contributed by atoms with Crippen molar-refractivity contribution in [2.24, 2.45) is 0 Å². The van der Waals surface area contributed by atoms with Gasteiger partial charge >= 0.3 is 5.69 Å². The number of imidazole rings is 1. The Morgan fingerprint density at radius 1 is 0.919 bits per heavy atom. The minimum absolute atomic E-state index is 0.320. The fourth-order valence-corrected chi connectivity index (χ4v) is 4.15. The fourth-order valence-electron chi connectivity index (χ4n) is 4.15. The van der Waals surface area contributed by atoms with Gasteiger partial charge in [-0.25, -0.2) is 9.78 Å². The van der Waals surface area contributed by atoms with Crippen molar-refractivity contribution in [1.82, 2.24) is 19.1 Å². The Bertz CT molecular complexity index is 1490. The van der Waals surface area contributed by atoms with Gasteiger partial charge in [0.15, 0.2) is 17.1 Å². The van der Waals surface area contributed by atoms with Crippen molar-refractivity contribution in [2.45, 2.75) is 46.4 Å². The first-order valence-corrected chi connectivity index (χ1v) is 12.3. The Morgan fingerprint density at radius 3 is 2.19 bits per heavy atom. The zero-order chi connectivity index (χ0) is 26.4. The highest BCUT2D eigenvalue weighted by Gasteiger charge is 2.17. The van der Waals surface area contributed by atoms with Crippen molar-refractivity contribution in [1.29, 1.82) is 0 Å². The molecule has 2 aromatic heterocycles. The predicted molar refractivity (Wildman–Crippen MR) is 144 cm³/mol. The van der Waals surface area contributed by atoms with Crippen LogP contribution in [-0.2, 0) is 19.7 Å². The van der Waals surface area contributed by atoms with E-state index in [1.54, 1.807) is 24.9 Å². The molecule has 2 heterocycles. The Kier molecular flexibility index (Phi) is 8.12. The summed E-state index contributed by atoms with van der Waals surface area (Å²) in [6.07, 6.45) is 5.01. The molecule has 1 N–H and O–H groups in total. The van der Waals surface area contributed by atoms with E-state index < -0.39 is 0 Å². The van der Waals surface area contributed by atoms with Gasteiger partial charge in [-0.15, -0.1) is 0 Å². The van der Waals surface area contributed by atoms with E-state index in [0.29, 0.717) is 60.4 Å². The number of H-pyrrole nitrogens is 1. The molecule has 0 spiro atoms. The lowest BCUT2D eigenvalue weighted by atomic mass is 10.1. The zero-order valence-corrected chi connectivity index (χ0v) is 21.6. The Balaban J connectivity index is 1.68. The van der Waals surface area contributed by atoms with Gasteiger partial charge in [0.05, 0.1) is 14.2 Å². The first kappa shape index (κ1) is 25.8. The largest absolute Gasteiger partial charge is 0.493 e. The van der Waals surface area contributed by atoms with Crippen molar-refractivity contribution in [2.75, 3.05) is 14.2 Å². The molecular formula is C28H32N4O5. The van der Waals surface area contributed by atoms with Gasteiger partial charge in [-0.3, -0.25) is 13.9 Å². The van der Waals surface area contributed by atoms with Crippen molar-refractivity contribution >= 4 is 23.3 Å². The molecule has 0 saturated carbocycles. The third-order valence-corrected chi connectivity index (χ3v) is 5.92. The molecule has 4 rings (SSSR count). The quantitative estimate of drug-likeness (QED) is 0.323. The van der Waals surface area contributed by atoms with Gasteiger partial charge in [-0.05, 0) is 42.2 Å². The van der Waals surface area contributed by atoms with E-state index in [4.69, 9.17) is 14.2 Å². The molecule has 0 unspecified atom stereocenters. The topological polar surface area (TPSA) is 100 Å². The number of methoxy groups -OCH3 is 2. The first-order chi connectivity index (χ1) is 18.0. The molecule has 0 saturated heterocycles. The van der Waals surface area contributed by atoms with Crippen molar-refractivity contribution < 1.29 is 14.2 Å². The summed E-state index contributed by atoms with van der Waals surface area (Å²) >= 11 is 0. The number of aryl methyl sites for hydroxylation is 1. The van der Waals surface area contributed by atoms with Crippen molar-refractivity contribution in [3.05, 3.63) is 80.3 Å². The lowest BCUT2D eigenvalue weighted by molar-refractivity contribution is 0.266. The first-order valence-electron chi connectivity index (χ1n) is 12.3. The molecule has 0 bridgehead atoms. The maximum atomic E-state index is 13.0. The van der Waals surface area contributed by atoms with Crippen LogP contribution in [0.25, 0.3) is 23.3 Å². The predicted octanol–water partition coefficient (Wildman–Crippen LogP) is 4.47. The van der Waals surface area contributed by atoms with Crippen LogP contribution in [0.15, 0.2) is 52.1 Å². The lowest BCUT2D eigenvalue weighted by Gasteiger charge is -2.15. The fraction of sp³-hybridized carbons (Fsp3) is 0.321. The smallest absolute Gasteiger partial charge is 0.332 e. The van der Waals surface area contributed by atoms with Gasteiger partial charge in [-0.2, -0.15) is 0 Å². The SMILES string of the molecule is CCCn1c(=O)c2[nH]c(C=Cc3cc(OC)c(OCc4ccccc4)c(OC)c3)nc2n(CCC)c1=O. The van der Waals surface area contributed by atoms with Gasteiger partial charge in [0, 0.05) is 13.1 Å². The summed E-state index contributed by atoms with van der Waals surface area (Å²) in [5, 5.41) is 0. The summed E-state index contributed by atoms with van der Waals surface area (Å²) in [5.74, 6) is 2.03. The minimum atomic E-state index is -0.357. The molecule has 194 valence electrons. The van der Waals surface area contributed by atoms with Crippen LogP contribution in [0.5, 0.6) is 17.2 Å². The number of aromatic nitrogens is 4. The molecule has 0 amide bonds. The second kappa shape index (κ2) is 11.6. The molecule has 2 aromatic carbocycles. The molecule has 0 aliphatic carbocycles. The van der Waals surface area contributed by atoms with Gasteiger partial charge in [0.1, 0.15) is 17.9 Å². The highest BCUT2D eigenvalue weighted by atomic mass is 16.5. The molecular weight excluding hydrogens is 472 g/mol. The maximum Gasteiger partial charge on any atom is 0.332 e. The van der Waals surface area contributed by atoms with Crippen LogP contribution in [0.4, 0.5) is 0 Å². The lowest BCUT2D eigenvalue weighted by Crippen LogP contribution is -2.40.